The lowest BCUT2D eigenvalue weighted by Crippen LogP contribution is -2.52. The van der Waals surface area contributed by atoms with Crippen molar-refractivity contribution in [1.29, 1.82) is 0 Å². The van der Waals surface area contributed by atoms with Crippen LogP contribution in [0, 0.1) is 0 Å². The summed E-state index contributed by atoms with van der Waals surface area (Å²) >= 11 is 0. The van der Waals surface area contributed by atoms with Crippen LogP contribution in [0.5, 0.6) is 5.75 Å². The Balaban J connectivity index is 2.44. The van der Waals surface area contributed by atoms with Gasteiger partial charge in [0.2, 0.25) is 0 Å². The highest BCUT2D eigenvalue weighted by molar-refractivity contribution is 7.00. The normalized spacial score (nSPS) is 11.2. The smallest absolute Gasteiger partial charge is 0.118 e. The lowest BCUT2D eigenvalue weighted by Gasteiger charge is -2.24. The maximum absolute atomic E-state index is 5.31. The molecule has 0 radical (unpaired) electrons. The Morgan fingerprint density at radius 3 is 2.12 bits per heavy atom. The second-order valence-electron chi connectivity index (χ2n) is 4.72. The molecule has 0 saturated carbocycles. The van der Waals surface area contributed by atoms with Gasteiger partial charge in [-0.05, 0) is 12.1 Å². The van der Waals surface area contributed by atoms with Gasteiger partial charge in [0.15, 0.2) is 0 Å². The van der Waals surface area contributed by atoms with Crippen molar-refractivity contribution >= 4 is 18.4 Å². The summed E-state index contributed by atoms with van der Waals surface area (Å²) in [5.74, 6) is 0.944. The predicted octanol–water partition coefficient (Wildman–Crippen LogP) is 2.52. The Kier molecular flexibility index (Phi) is 3.34. The molecule has 0 aromatic heterocycles. The maximum Gasteiger partial charge on any atom is 0.118 e. The molecule has 2 aromatic rings. The molecule has 0 unspecified atom stereocenters. The van der Waals surface area contributed by atoms with Crippen molar-refractivity contribution in [3.8, 4) is 5.75 Å². The van der Waals surface area contributed by atoms with E-state index < -0.39 is 8.07 Å². The fraction of sp³-hybridized carbons (Fsp3) is 0.200. The van der Waals surface area contributed by atoms with Gasteiger partial charge in [0.05, 0.1) is 7.11 Å². The average molecular weight is 242 g/mol. The standard InChI is InChI=1S/C15H18OSi/c1-16-13-8-7-11-15(12-13)17(2,3)14-9-5-4-6-10-14/h4-12H,1-3H3. The van der Waals surface area contributed by atoms with Gasteiger partial charge in [-0.1, -0.05) is 65.9 Å². The molecular formula is C15H18OSi. The van der Waals surface area contributed by atoms with E-state index in [1.54, 1.807) is 7.11 Å². The first-order chi connectivity index (χ1) is 8.14. The average Bonchev–Trinajstić information content (AvgIpc) is 2.40. The molecule has 1 nitrogen and oxygen atoms in total. The van der Waals surface area contributed by atoms with Gasteiger partial charge in [-0.3, -0.25) is 0 Å². The summed E-state index contributed by atoms with van der Waals surface area (Å²) in [6.45, 7) is 4.74. The third-order valence-corrected chi connectivity index (χ3v) is 6.82. The third-order valence-electron chi connectivity index (χ3n) is 3.29. The highest BCUT2D eigenvalue weighted by Gasteiger charge is 2.25. The Morgan fingerprint density at radius 2 is 1.47 bits per heavy atom. The van der Waals surface area contributed by atoms with Gasteiger partial charge >= 0.3 is 0 Å². The zero-order chi connectivity index (χ0) is 12.3. The molecular weight excluding hydrogens is 224 g/mol. The minimum absolute atomic E-state index is 0.944. The van der Waals surface area contributed by atoms with Crippen LogP contribution in [0.25, 0.3) is 0 Å². The quantitative estimate of drug-likeness (QED) is 0.752. The van der Waals surface area contributed by atoms with Crippen LogP contribution >= 0.6 is 0 Å². The highest BCUT2D eigenvalue weighted by atomic mass is 28.3. The number of ether oxygens (including phenoxy) is 1. The summed E-state index contributed by atoms with van der Waals surface area (Å²) in [6, 6.07) is 19.2. The van der Waals surface area contributed by atoms with Gasteiger partial charge in [0, 0.05) is 0 Å². The van der Waals surface area contributed by atoms with Gasteiger partial charge in [-0.25, -0.2) is 0 Å². The monoisotopic (exact) mass is 242 g/mol. The van der Waals surface area contributed by atoms with Gasteiger partial charge in [-0.2, -0.15) is 0 Å². The summed E-state index contributed by atoms with van der Waals surface area (Å²) in [6.07, 6.45) is 0. The first-order valence-electron chi connectivity index (χ1n) is 5.84. The summed E-state index contributed by atoms with van der Waals surface area (Å²) < 4.78 is 5.31. The SMILES string of the molecule is COc1cccc([Si](C)(C)c2ccccc2)c1. The fourth-order valence-corrected chi connectivity index (χ4v) is 4.41. The lowest BCUT2D eigenvalue weighted by molar-refractivity contribution is 0.415. The molecule has 0 spiro atoms. The minimum Gasteiger partial charge on any atom is -0.497 e. The van der Waals surface area contributed by atoms with Crippen LogP contribution in [0.1, 0.15) is 0 Å². The molecule has 2 aromatic carbocycles. The number of hydrogen-bond acceptors (Lipinski definition) is 1. The predicted molar refractivity (Wildman–Crippen MR) is 76.2 cm³/mol. The van der Waals surface area contributed by atoms with Crippen LogP contribution in [0.4, 0.5) is 0 Å². The van der Waals surface area contributed by atoms with Crippen LogP contribution in [-0.4, -0.2) is 15.2 Å². The van der Waals surface area contributed by atoms with Crippen LogP contribution in [0.3, 0.4) is 0 Å². The number of benzene rings is 2. The van der Waals surface area contributed by atoms with Gasteiger partial charge in [0.1, 0.15) is 13.8 Å². The molecule has 0 heterocycles. The number of rotatable bonds is 3. The van der Waals surface area contributed by atoms with Crippen molar-refractivity contribution < 1.29 is 4.74 Å². The summed E-state index contributed by atoms with van der Waals surface area (Å²) in [4.78, 5) is 0. The van der Waals surface area contributed by atoms with E-state index in [0.717, 1.165) is 5.75 Å². The number of methoxy groups -OCH3 is 1. The molecule has 0 aliphatic carbocycles. The lowest BCUT2D eigenvalue weighted by atomic mass is 10.3. The minimum atomic E-state index is -1.58. The van der Waals surface area contributed by atoms with E-state index in [1.165, 1.54) is 10.4 Å². The van der Waals surface area contributed by atoms with Crippen LogP contribution in [0.2, 0.25) is 13.1 Å². The van der Waals surface area contributed by atoms with Gasteiger partial charge in [0.25, 0.3) is 0 Å². The van der Waals surface area contributed by atoms with E-state index in [1.807, 2.05) is 6.07 Å². The highest BCUT2D eigenvalue weighted by Crippen LogP contribution is 2.11. The molecule has 2 heteroatoms. The van der Waals surface area contributed by atoms with Crippen molar-refractivity contribution in [3.05, 3.63) is 54.6 Å². The molecule has 0 aliphatic heterocycles. The van der Waals surface area contributed by atoms with Crippen molar-refractivity contribution in [1.82, 2.24) is 0 Å². The second-order valence-corrected chi connectivity index (χ2v) is 9.13. The topological polar surface area (TPSA) is 9.23 Å². The van der Waals surface area contributed by atoms with Crippen molar-refractivity contribution in [3.63, 3.8) is 0 Å². The van der Waals surface area contributed by atoms with E-state index in [-0.39, 0.29) is 0 Å². The molecule has 0 fully saturated rings. The molecule has 88 valence electrons. The van der Waals surface area contributed by atoms with E-state index in [9.17, 15) is 0 Å². The molecule has 0 bridgehead atoms. The molecule has 0 aliphatic rings. The van der Waals surface area contributed by atoms with Crippen molar-refractivity contribution in [2.75, 3.05) is 7.11 Å². The molecule has 0 atom stereocenters. The summed E-state index contributed by atoms with van der Waals surface area (Å²) in [5, 5.41) is 2.86. The van der Waals surface area contributed by atoms with E-state index >= 15 is 0 Å². The largest absolute Gasteiger partial charge is 0.497 e. The van der Waals surface area contributed by atoms with Crippen LogP contribution in [0.15, 0.2) is 54.6 Å². The van der Waals surface area contributed by atoms with Crippen molar-refractivity contribution in [2.24, 2.45) is 0 Å². The van der Waals surface area contributed by atoms with E-state index in [0.29, 0.717) is 0 Å². The molecule has 0 saturated heterocycles. The first kappa shape index (κ1) is 11.9. The van der Waals surface area contributed by atoms with E-state index in [4.69, 9.17) is 4.74 Å². The first-order valence-corrected chi connectivity index (χ1v) is 8.84. The third kappa shape index (κ3) is 2.42. The summed E-state index contributed by atoms with van der Waals surface area (Å²) in [7, 11) is 0.135. The Morgan fingerprint density at radius 1 is 0.824 bits per heavy atom. The summed E-state index contributed by atoms with van der Waals surface area (Å²) in [5.41, 5.74) is 0. The van der Waals surface area contributed by atoms with E-state index in [2.05, 4.69) is 61.6 Å². The zero-order valence-corrected chi connectivity index (χ0v) is 11.6. The maximum atomic E-state index is 5.31. The molecule has 0 N–H and O–H groups in total. The second kappa shape index (κ2) is 4.76. The Hall–Kier alpha value is -1.54. The van der Waals surface area contributed by atoms with Crippen LogP contribution in [-0.2, 0) is 0 Å². The Bertz CT molecular complexity index is 491. The van der Waals surface area contributed by atoms with Crippen molar-refractivity contribution in [2.45, 2.75) is 13.1 Å². The Labute approximate surface area is 104 Å². The molecule has 0 amide bonds. The van der Waals surface area contributed by atoms with Gasteiger partial charge < -0.3 is 4.74 Å². The molecule has 2 rings (SSSR count). The zero-order valence-electron chi connectivity index (χ0n) is 10.6. The number of hydrogen-bond donors (Lipinski definition) is 0. The molecule has 17 heavy (non-hydrogen) atoms. The van der Waals surface area contributed by atoms with Gasteiger partial charge in [-0.15, -0.1) is 0 Å². The fourth-order valence-electron chi connectivity index (χ4n) is 2.03. The van der Waals surface area contributed by atoms with Crippen LogP contribution < -0.4 is 15.1 Å².